The van der Waals surface area contributed by atoms with Gasteiger partial charge in [-0.15, -0.1) is 0 Å². The maximum absolute atomic E-state index is 13.7. The molecule has 3 N–H and O–H groups in total. The fraction of sp³-hybridized carbons (Fsp3) is 0.477. The molecule has 12 nitrogen and oxygen atoms in total. The number of aromatic amines is 2. The molecule has 56 heavy (non-hydrogen) atoms. The van der Waals surface area contributed by atoms with Crippen LogP contribution in [0.4, 0.5) is 9.59 Å². The van der Waals surface area contributed by atoms with Gasteiger partial charge >= 0.3 is 12.2 Å². The van der Waals surface area contributed by atoms with E-state index >= 15 is 0 Å². The Morgan fingerprint density at radius 1 is 0.929 bits per heavy atom. The number of benzene rings is 3. The molecule has 2 aliphatic carbocycles. The number of ether oxygens (including phenoxy) is 2. The number of carbonyl (C=O) groups is 3. The van der Waals surface area contributed by atoms with Crippen molar-refractivity contribution >= 4 is 39.9 Å². The van der Waals surface area contributed by atoms with Gasteiger partial charge in [0.05, 0.1) is 35.9 Å². The Kier molecular flexibility index (Phi) is 8.85. The fourth-order valence-corrected chi connectivity index (χ4v) is 9.71. The normalized spacial score (nSPS) is 22.1. The van der Waals surface area contributed by atoms with Crippen LogP contribution in [0.2, 0.25) is 0 Å². The van der Waals surface area contributed by atoms with E-state index in [1.807, 2.05) is 44.4 Å². The summed E-state index contributed by atoms with van der Waals surface area (Å²) in [6, 6.07) is 16.7. The van der Waals surface area contributed by atoms with Gasteiger partial charge in [0.25, 0.3) is 0 Å². The Labute approximate surface area is 326 Å². The molecule has 0 radical (unpaired) electrons. The number of H-pyrrole nitrogens is 2. The standard InChI is InChI=1S/C44H51N7O5/c1-23(2)35(49-42(53)55-6)41(52)50-19-7-8-34(50)39-45-32-17-12-26-20-24(10-15-30(26)36(32)47-39)25-11-16-31-27(21-25)13-18-33-37(31)48-40(46-33)38-28-9-14-29(22-28)51(38)43(54)56-44(3,4)5/h10-12,15-17,20-21,23,28-29,34-35,38H,7-9,13-14,18-19,22H2,1-6H3,(H,45,47)(H,46,48)(H,49,53)/t28-,29+,34-,35-,38-/m0/s1. The van der Waals surface area contributed by atoms with Crippen LogP contribution in [0.1, 0.15) is 102 Å². The maximum Gasteiger partial charge on any atom is 0.411 e. The zero-order chi connectivity index (χ0) is 39.0. The molecule has 5 atom stereocenters. The summed E-state index contributed by atoms with van der Waals surface area (Å²) in [5, 5.41) is 4.86. The van der Waals surface area contributed by atoms with E-state index in [-0.39, 0.29) is 36.0 Å². The highest BCUT2D eigenvalue weighted by molar-refractivity contribution is 6.05. The molecule has 292 valence electrons. The van der Waals surface area contributed by atoms with Crippen molar-refractivity contribution in [3.63, 3.8) is 0 Å². The fourth-order valence-electron chi connectivity index (χ4n) is 9.71. The van der Waals surface area contributed by atoms with Crippen molar-refractivity contribution in [3.05, 3.63) is 71.4 Å². The zero-order valence-electron chi connectivity index (χ0n) is 33.1. The van der Waals surface area contributed by atoms with Crippen molar-refractivity contribution in [1.82, 2.24) is 35.1 Å². The molecule has 2 aliphatic heterocycles. The largest absolute Gasteiger partial charge is 0.453 e. The summed E-state index contributed by atoms with van der Waals surface area (Å²) < 4.78 is 10.7. The highest BCUT2D eigenvalue weighted by Gasteiger charge is 2.51. The Morgan fingerprint density at radius 3 is 2.52 bits per heavy atom. The summed E-state index contributed by atoms with van der Waals surface area (Å²) in [6.07, 6.45) is 5.71. The van der Waals surface area contributed by atoms with E-state index < -0.39 is 17.7 Å². The van der Waals surface area contributed by atoms with Crippen LogP contribution in [0.3, 0.4) is 0 Å². The van der Waals surface area contributed by atoms with Crippen LogP contribution in [-0.2, 0) is 27.1 Å². The number of alkyl carbamates (subject to hydrolysis) is 1. The van der Waals surface area contributed by atoms with Crippen LogP contribution >= 0.6 is 0 Å². The first kappa shape index (κ1) is 36.3. The van der Waals surface area contributed by atoms with E-state index in [0.717, 1.165) is 106 Å². The first-order valence-corrected chi connectivity index (χ1v) is 20.2. The first-order valence-electron chi connectivity index (χ1n) is 20.2. The molecular formula is C44H51N7O5. The van der Waals surface area contributed by atoms with Crippen molar-refractivity contribution in [2.24, 2.45) is 11.8 Å². The second-order valence-corrected chi connectivity index (χ2v) is 17.4. The van der Waals surface area contributed by atoms with Crippen LogP contribution in [-0.4, -0.2) is 79.2 Å². The molecule has 1 saturated carbocycles. The third-order valence-electron chi connectivity index (χ3n) is 12.3. The molecule has 3 fully saturated rings. The average molecular weight is 758 g/mol. The van der Waals surface area contributed by atoms with Crippen LogP contribution in [0.25, 0.3) is 44.2 Å². The molecule has 2 saturated heterocycles. The highest BCUT2D eigenvalue weighted by Crippen LogP contribution is 2.51. The lowest BCUT2D eigenvalue weighted by atomic mass is 9.89. The predicted molar refractivity (Wildman–Crippen MR) is 214 cm³/mol. The minimum atomic E-state index is -0.683. The number of imidazole rings is 2. The Balaban J connectivity index is 0.969. The minimum Gasteiger partial charge on any atom is -0.453 e. The topological polar surface area (TPSA) is 146 Å². The van der Waals surface area contributed by atoms with Gasteiger partial charge in [-0.3, -0.25) is 9.69 Å². The van der Waals surface area contributed by atoms with Gasteiger partial charge in [-0.1, -0.05) is 50.2 Å². The number of aromatic nitrogens is 4. The zero-order valence-corrected chi connectivity index (χ0v) is 33.1. The number of rotatable bonds is 6. The minimum absolute atomic E-state index is 0.0845. The lowest BCUT2D eigenvalue weighted by Crippen LogP contribution is -2.51. The molecule has 3 aromatic carbocycles. The third-order valence-corrected chi connectivity index (χ3v) is 12.3. The number of aryl methyl sites for hydroxylation is 2. The van der Waals surface area contributed by atoms with E-state index in [4.69, 9.17) is 19.4 Å². The maximum atomic E-state index is 13.7. The average Bonchev–Trinajstić information content (AvgIpc) is 4.02. The molecule has 0 spiro atoms. The van der Waals surface area contributed by atoms with Gasteiger partial charge in [-0.25, -0.2) is 19.6 Å². The molecule has 5 aromatic rings. The Morgan fingerprint density at radius 2 is 1.73 bits per heavy atom. The van der Waals surface area contributed by atoms with Crippen LogP contribution in [0.5, 0.6) is 0 Å². The number of carbonyl (C=O) groups excluding carboxylic acids is 3. The molecule has 0 unspecified atom stereocenters. The van der Waals surface area contributed by atoms with Crippen molar-refractivity contribution < 1.29 is 23.9 Å². The number of hydrogen-bond donors (Lipinski definition) is 3. The highest BCUT2D eigenvalue weighted by atomic mass is 16.6. The summed E-state index contributed by atoms with van der Waals surface area (Å²) in [5.74, 6) is 1.82. The van der Waals surface area contributed by atoms with Crippen LogP contribution in [0, 0.1) is 11.8 Å². The summed E-state index contributed by atoms with van der Waals surface area (Å²) >= 11 is 0. The summed E-state index contributed by atoms with van der Waals surface area (Å²) in [5.41, 5.74) is 8.10. The van der Waals surface area contributed by atoms with Gasteiger partial charge < -0.3 is 29.7 Å². The molecule has 12 heteroatoms. The van der Waals surface area contributed by atoms with E-state index in [0.29, 0.717) is 12.5 Å². The van der Waals surface area contributed by atoms with Gasteiger partial charge in [0, 0.05) is 29.2 Å². The Bertz CT molecular complexity index is 2370. The van der Waals surface area contributed by atoms with E-state index in [9.17, 15) is 14.4 Å². The number of nitrogens with one attached hydrogen (secondary N) is 3. The number of fused-ring (bicyclic) bond motifs is 8. The Hall–Kier alpha value is -5.39. The number of piperidine rings is 1. The van der Waals surface area contributed by atoms with Gasteiger partial charge in [0.15, 0.2) is 0 Å². The van der Waals surface area contributed by atoms with Gasteiger partial charge in [-0.05, 0) is 112 Å². The second-order valence-electron chi connectivity index (χ2n) is 17.4. The second kappa shape index (κ2) is 13.7. The van der Waals surface area contributed by atoms with Crippen LogP contribution in [0.15, 0.2) is 48.5 Å². The van der Waals surface area contributed by atoms with Crippen molar-refractivity contribution in [2.75, 3.05) is 13.7 Å². The summed E-state index contributed by atoms with van der Waals surface area (Å²) in [6.45, 7) is 10.2. The quantitative estimate of drug-likeness (QED) is 0.158. The van der Waals surface area contributed by atoms with Crippen molar-refractivity contribution in [3.8, 4) is 22.4 Å². The number of nitrogens with zero attached hydrogens (tertiary/aromatic N) is 4. The van der Waals surface area contributed by atoms with Crippen LogP contribution < -0.4 is 5.32 Å². The summed E-state index contributed by atoms with van der Waals surface area (Å²) in [7, 11) is 1.30. The molecule has 3 amide bonds. The molecule has 9 rings (SSSR count). The van der Waals surface area contributed by atoms with Crippen molar-refractivity contribution in [1.29, 1.82) is 0 Å². The monoisotopic (exact) mass is 757 g/mol. The van der Waals surface area contributed by atoms with Gasteiger partial charge in [0.2, 0.25) is 5.91 Å². The van der Waals surface area contributed by atoms with E-state index in [2.05, 4.69) is 63.8 Å². The predicted octanol–water partition coefficient (Wildman–Crippen LogP) is 8.38. The molecule has 2 bridgehead atoms. The molecule has 4 heterocycles. The SMILES string of the molecule is COC(=O)N[C@H](C(=O)N1CCC[C@H]1c1nc2c(ccc3cc(-c4ccc5c(c4)CCc4[nH]c([C@@H]6[C@H]7CC[C@H](C7)N6C(=O)OC(C)(C)C)nc4-5)ccc32)[nH]1)C(C)C. The summed E-state index contributed by atoms with van der Waals surface area (Å²) in [4.78, 5) is 60.4. The molecule has 4 aliphatic rings. The van der Waals surface area contributed by atoms with E-state index in [1.165, 1.54) is 12.7 Å². The molecular weight excluding hydrogens is 707 g/mol. The number of hydrogen-bond acceptors (Lipinski definition) is 7. The molecule has 2 aromatic heterocycles. The number of methoxy groups -OCH3 is 1. The van der Waals surface area contributed by atoms with Gasteiger partial charge in [-0.2, -0.15) is 0 Å². The van der Waals surface area contributed by atoms with E-state index in [1.54, 1.807) is 0 Å². The van der Waals surface area contributed by atoms with Gasteiger partial charge in [0.1, 0.15) is 23.3 Å². The third kappa shape index (κ3) is 6.27. The first-order chi connectivity index (χ1) is 26.9. The lowest BCUT2D eigenvalue weighted by Gasteiger charge is -2.35. The van der Waals surface area contributed by atoms with Crippen molar-refractivity contribution in [2.45, 2.75) is 109 Å². The number of likely N-dealkylation sites (tertiary alicyclic amines) is 2. The lowest BCUT2D eigenvalue weighted by molar-refractivity contribution is -0.135. The smallest absolute Gasteiger partial charge is 0.411 e. The number of amides is 3.